The van der Waals surface area contributed by atoms with E-state index in [1.54, 1.807) is 11.6 Å². The van der Waals surface area contributed by atoms with Gasteiger partial charge in [-0.15, -0.1) is 0 Å². The van der Waals surface area contributed by atoms with Gasteiger partial charge in [0.1, 0.15) is 17.8 Å². The van der Waals surface area contributed by atoms with E-state index in [-0.39, 0.29) is 11.4 Å². The van der Waals surface area contributed by atoms with Gasteiger partial charge in [-0.05, 0) is 0 Å². The first-order valence-corrected chi connectivity index (χ1v) is 3.90. The number of fused-ring (bicyclic) bond motifs is 1. The molecule has 2 aromatic heterocycles. The number of rotatable bonds is 1. The molecule has 6 heteroatoms. The maximum atomic E-state index is 10.9. The first-order valence-electron chi connectivity index (χ1n) is 3.90. The molecule has 14 heavy (non-hydrogen) atoms. The van der Waals surface area contributed by atoms with Crippen molar-refractivity contribution in [1.29, 1.82) is 0 Å². The normalized spacial score (nSPS) is 10.6. The first-order chi connectivity index (χ1) is 6.61. The van der Waals surface area contributed by atoms with Gasteiger partial charge in [0, 0.05) is 13.2 Å². The van der Waals surface area contributed by atoms with Gasteiger partial charge in [0.25, 0.3) is 0 Å². The Hall–Kier alpha value is -2.11. The van der Waals surface area contributed by atoms with Gasteiger partial charge in [-0.1, -0.05) is 0 Å². The Labute approximate surface area is 79.0 Å². The summed E-state index contributed by atoms with van der Waals surface area (Å²) >= 11 is 0. The summed E-state index contributed by atoms with van der Waals surface area (Å²) in [6.07, 6.45) is 2.78. The number of nitrogens with zero attached hydrogens (tertiary/aromatic N) is 3. The number of nitrogen functional groups attached to an aromatic ring is 1. The van der Waals surface area contributed by atoms with Crippen LogP contribution in [0.15, 0.2) is 12.5 Å². The second-order valence-corrected chi connectivity index (χ2v) is 2.92. The molecule has 2 rings (SSSR count). The summed E-state index contributed by atoms with van der Waals surface area (Å²) in [5.41, 5.74) is 6.23. The summed E-state index contributed by atoms with van der Waals surface area (Å²) in [6.45, 7) is 0. The van der Waals surface area contributed by atoms with Gasteiger partial charge >= 0.3 is 5.97 Å². The highest BCUT2D eigenvalue weighted by Crippen LogP contribution is 2.22. The van der Waals surface area contributed by atoms with Crippen LogP contribution < -0.4 is 5.73 Å². The molecule has 0 unspecified atom stereocenters. The molecule has 2 heterocycles. The number of aryl methyl sites for hydroxylation is 1. The minimum Gasteiger partial charge on any atom is -0.478 e. The molecule has 0 fully saturated rings. The third kappa shape index (κ3) is 1.00. The third-order valence-electron chi connectivity index (χ3n) is 2.01. The van der Waals surface area contributed by atoms with Gasteiger partial charge in [-0.25, -0.2) is 14.8 Å². The lowest BCUT2D eigenvalue weighted by atomic mass is 10.2. The molecule has 2 aromatic rings. The van der Waals surface area contributed by atoms with Gasteiger partial charge < -0.3 is 15.4 Å². The van der Waals surface area contributed by atoms with Crippen LogP contribution in [0, 0.1) is 0 Å². The Morgan fingerprint density at radius 1 is 1.57 bits per heavy atom. The number of carboxylic acids is 1. The molecule has 0 saturated carbocycles. The number of anilines is 1. The topological polar surface area (TPSA) is 94.0 Å². The van der Waals surface area contributed by atoms with Gasteiger partial charge in [0.15, 0.2) is 0 Å². The number of aromatic nitrogens is 3. The van der Waals surface area contributed by atoms with Crippen LogP contribution in [-0.4, -0.2) is 25.6 Å². The standard InChI is InChI=1S/C8H8N4O2/c1-12-2-4(8(13)14)5-6(9)10-3-11-7(5)12/h2-3H,1H3,(H,13,14)(H2,9,10,11). The first kappa shape index (κ1) is 8.49. The largest absolute Gasteiger partial charge is 0.478 e. The highest BCUT2D eigenvalue weighted by Gasteiger charge is 2.16. The van der Waals surface area contributed by atoms with E-state index in [9.17, 15) is 4.79 Å². The lowest BCUT2D eigenvalue weighted by Crippen LogP contribution is -1.98. The molecule has 0 spiro atoms. The fourth-order valence-electron chi connectivity index (χ4n) is 1.40. The van der Waals surface area contributed by atoms with E-state index < -0.39 is 5.97 Å². The molecule has 72 valence electrons. The molecule has 0 saturated heterocycles. The summed E-state index contributed by atoms with van der Waals surface area (Å²) in [5.74, 6) is -0.842. The molecule has 6 nitrogen and oxygen atoms in total. The predicted octanol–water partition coefficient (Wildman–Crippen LogP) is 0.249. The van der Waals surface area contributed by atoms with E-state index in [0.29, 0.717) is 11.0 Å². The zero-order chi connectivity index (χ0) is 10.3. The lowest BCUT2D eigenvalue weighted by molar-refractivity contribution is 0.0699. The van der Waals surface area contributed by atoms with Crippen LogP contribution in [0.2, 0.25) is 0 Å². The summed E-state index contributed by atoms with van der Waals surface area (Å²) < 4.78 is 1.61. The van der Waals surface area contributed by atoms with Crippen molar-refractivity contribution in [2.75, 3.05) is 5.73 Å². The van der Waals surface area contributed by atoms with Gasteiger partial charge in [-0.2, -0.15) is 0 Å². The molecule has 0 amide bonds. The number of aromatic carboxylic acids is 1. The molecule has 0 aliphatic heterocycles. The molecule has 0 aliphatic rings. The van der Waals surface area contributed by atoms with Crippen LogP contribution in [0.3, 0.4) is 0 Å². The highest BCUT2D eigenvalue weighted by atomic mass is 16.4. The average Bonchev–Trinajstić information content (AvgIpc) is 2.46. The number of hydrogen-bond donors (Lipinski definition) is 2. The maximum absolute atomic E-state index is 10.9. The van der Waals surface area contributed by atoms with Crippen molar-refractivity contribution in [3.8, 4) is 0 Å². The molecule has 0 aromatic carbocycles. The Bertz CT molecular complexity index is 517. The van der Waals surface area contributed by atoms with Gasteiger partial charge in [0.05, 0.1) is 10.9 Å². The molecular weight excluding hydrogens is 184 g/mol. The molecule has 0 radical (unpaired) electrons. The van der Waals surface area contributed by atoms with E-state index in [0.717, 1.165) is 0 Å². The summed E-state index contributed by atoms with van der Waals surface area (Å²) in [4.78, 5) is 18.6. The minimum absolute atomic E-state index is 0.126. The van der Waals surface area contributed by atoms with Crippen LogP contribution >= 0.6 is 0 Å². The van der Waals surface area contributed by atoms with Crippen LogP contribution in [0.25, 0.3) is 11.0 Å². The maximum Gasteiger partial charge on any atom is 0.338 e. The quantitative estimate of drug-likeness (QED) is 0.675. The van der Waals surface area contributed by atoms with Crippen LogP contribution in [0.4, 0.5) is 5.82 Å². The SMILES string of the molecule is Cn1cc(C(=O)O)c2c(N)ncnc21. The van der Waals surface area contributed by atoms with E-state index in [1.165, 1.54) is 12.5 Å². The number of nitrogens with two attached hydrogens (primary N) is 1. The van der Waals surface area contributed by atoms with Crippen molar-refractivity contribution in [3.63, 3.8) is 0 Å². The summed E-state index contributed by atoms with van der Waals surface area (Å²) in [5, 5.41) is 9.29. The molecule has 0 atom stereocenters. The zero-order valence-corrected chi connectivity index (χ0v) is 7.43. The average molecular weight is 192 g/mol. The van der Waals surface area contributed by atoms with Crippen molar-refractivity contribution in [2.45, 2.75) is 0 Å². The third-order valence-corrected chi connectivity index (χ3v) is 2.01. The number of carbonyl (C=O) groups is 1. The second-order valence-electron chi connectivity index (χ2n) is 2.92. The van der Waals surface area contributed by atoms with E-state index in [4.69, 9.17) is 10.8 Å². The number of hydrogen-bond acceptors (Lipinski definition) is 4. The minimum atomic E-state index is -1.03. The lowest BCUT2D eigenvalue weighted by Gasteiger charge is -1.96. The van der Waals surface area contributed by atoms with Crippen LogP contribution in [0.5, 0.6) is 0 Å². The van der Waals surface area contributed by atoms with E-state index in [1.807, 2.05) is 0 Å². The van der Waals surface area contributed by atoms with Crippen molar-refractivity contribution in [1.82, 2.24) is 14.5 Å². The van der Waals surface area contributed by atoms with Gasteiger partial charge in [-0.3, -0.25) is 0 Å². The Morgan fingerprint density at radius 3 is 2.93 bits per heavy atom. The zero-order valence-electron chi connectivity index (χ0n) is 7.43. The van der Waals surface area contributed by atoms with E-state index >= 15 is 0 Å². The van der Waals surface area contributed by atoms with Crippen LogP contribution in [-0.2, 0) is 7.05 Å². The van der Waals surface area contributed by atoms with Gasteiger partial charge in [0.2, 0.25) is 0 Å². The summed E-state index contributed by atoms with van der Waals surface area (Å²) in [7, 11) is 1.71. The smallest absolute Gasteiger partial charge is 0.338 e. The highest BCUT2D eigenvalue weighted by molar-refractivity contribution is 6.06. The predicted molar refractivity (Wildman–Crippen MR) is 49.9 cm³/mol. The van der Waals surface area contributed by atoms with E-state index in [2.05, 4.69) is 9.97 Å². The molecule has 3 N–H and O–H groups in total. The fraction of sp³-hybridized carbons (Fsp3) is 0.125. The fourth-order valence-corrected chi connectivity index (χ4v) is 1.40. The Balaban J connectivity index is 2.93. The Morgan fingerprint density at radius 2 is 2.29 bits per heavy atom. The van der Waals surface area contributed by atoms with Crippen LogP contribution in [0.1, 0.15) is 10.4 Å². The molecule has 0 aliphatic carbocycles. The Kier molecular flexibility index (Phi) is 1.63. The monoisotopic (exact) mass is 192 g/mol. The number of carboxylic acid groups (broad SMARTS) is 1. The van der Waals surface area contributed by atoms with Crippen molar-refractivity contribution in [3.05, 3.63) is 18.1 Å². The van der Waals surface area contributed by atoms with Crippen molar-refractivity contribution >= 4 is 22.8 Å². The van der Waals surface area contributed by atoms with Crippen molar-refractivity contribution < 1.29 is 9.90 Å². The van der Waals surface area contributed by atoms with Crippen molar-refractivity contribution in [2.24, 2.45) is 7.05 Å². The molecular formula is C8H8N4O2. The summed E-state index contributed by atoms with van der Waals surface area (Å²) in [6, 6.07) is 0. The second kappa shape index (κ2) is 2.69. The molecule has 0 bridgehead atoms.